The molecule has 1 aliphatic rings. The van der Waals surface area contributed by atoms with Crippen LogP contribution in [0.4, 0.5) is 5.69 Å². The van der Waals surface area contributed by atoms with Crippen molar-refractivity contribution in [1.82, 2.24) is 4.90 Å². The van der Waals surface area contributed by atoms with E-state index in [-0.39, 0.29) is 17.9 Å². The number of hydrogen-bond donors (Lipinski definition) is 1. The van der Waals surface area contributed by atoms with E-state index >= 15 is 0 Å². The summed E-state index contributed by atoms with van der Waals surface area (Å²) >= 11 is 5.97. The van der Waals surface area contributed by atoms with Crippen LogP contribution >= 0.6 is 11.6 Å². The summed E-state index contributed by atoms with van der Waals surface area (Å²) in [4.78, 5) is 27.2. The summed E-state index contributed by atoms with van der Waals surface area (Å²) in [5, 5.41) is 3.76. The molecular weight excluding hydrogens is 348 g/mol. The number of anilines is 1. The molecule has 0 saturated heterocycles. The van der Waals surface area contributed by atoms with Gasteiger partial charge in [0, 0.05) is 16.8 Å². The van der Waals surface area contributed by atoms with Crippen molar-refractivity contribution in [3.05, 3.63) is 69.9 Å². The fourth-order valence-electron chi connectivity index (χ4n) is 3.21. The van der Waals surface area contributed by atoms with Gasteiger partial charge < -0.3 is 5.32 Å². The van der Waals surface area contributed by atoms with Gasteiger partial charge >= 0.3 is 0 Å². The van der Waals surface area contributed by atoms with Crippen LogP contribution in [0.3, 0.4) is 0 Å². The summed E-state index contributed by atoms with van der Waals surface area (Å²) < 4.78 is 0. The Labute approximate surface area is 158 Å². The lowest BCUT2D eigenvalue weighted by atomic mass is 10.0. The second-order valence-electron chi connectivity index (χ2n) is 6.83. The number of benzene rings is 2. The second-order valence-corrected chi connectivity index (χ2v) is 7.27. The SMILES string of the molecule is Cc1cc(C)cc(NC2=C(c3ccc(Cl)cc3)C(=O)N(C(C)C)C2=O)c1. The monoisotopic (exact) mass is 368 g/mol. The van der Waals surface area contributed by atoms with Gasteiger partial charge in [-0.2, -0.15) is 0 Å². The number of carbonyl (C=O) groups is 2. The van der Waals surface area contributed by atoms with Crippen LogP contribution in [0.25, 0.3) is 5.57 Å². The minimum atomic E-state index is -0.311. The van der Waals surface area contributed by atoms with Gasteiger partial charge in [0.05, 0.1) is 5.57 Å². The molecule has 134 valence electrons. The molecule has 2 aromatic carbocycles. The van der Waals surface area contributed by atoms with E-state index in [9.17, 15) is 9.59 Å². The second kappa shape index (κ2) is 6.96. The van der Waals surface area contributed by atoms with Gasteiger partial charge in [-0.25, -0.2) is 0 Å². The highest BCUT2D eigenvalue weighted by Gasteiger charge is 2.40. The molecule has 0 radical (unpaired) electrons. The zero-order chi connectivity index (χ0) is 19.0. The lowest BCUT2D eigenvalue weighted by Crippen LogP contribution is -2.38. The van der Waals surface area contributed by atoms with Crippen LogP contribution < -0.4 is 5.32 Å². The van der Waals surface area contributed by atoms with Crippen LogP contribution in [0.15, 0.2) is 48.2 Å². The van der Waals surface area contributed by atoms with Gasteiger partial charge in [0.25, 0.3) is 11.8 Å². The third-order valence-electron chi connectivity index (χ3n) is 4.26. The predicted molar refractivity (Wildman–Crippen MR) is 105 cm³/mol. The molecule has 0 saturated carbocycles. The molecule has 1 N–H and O–H groups in total. The first-order valence-corrected chi connectivity index (χ1v) is 8.89. The Balaban J connectivity index is 2.12. The molecule has 0 fully saturated rings. The van der Waals surface area contributed by atoms with Crippen molar-refractivity contribution in [1.29, 1.82) is 0 Å². The van der Waals surface area contributed by atoms with E-state index in [2.05, 4.69) is 11.4 Å². The molecule has 4 nitrogen and oxygen atoms in total. The zero-order valence-electron chi connectivity index (χ0n) is 15.3. The summed E-state index contributed by atoms with van der Waals surface area (Å²) in [7, 11) is 0. The lowest BCUT2D eigenvalue weighted by Gasteiger charge is -2.19. The smallest absolute Gasteiger partial charge is 0.278 e. The standard InChI is InChI=1S/C21H21ClN2O2/c1-12(2)24-20(25)18(15-5-7-16(22)8-6-15)19(21(24)26)23-17-10-13(3)9-14(4)11-17/h5-12,23H,1-4H3. The Bertz CT molecular complexity index is 894. The van der Waals surface area contributed by atoms with Crippen molar-refractivity contribution in [2.75, 3.05) is 5.32 Å². The quantitative estimate of drug-likeness (QED) is 0.805. The number of nitrogens with one attached hydrogen (secondary N) is 1. The molecule has 2 amide bonds. The van der Waals surface area contributed by atoms with Crippen molar-refractivity contribution in [2.45, 2.75) is 33.7 Å². The maximum absolute atomic E-state index is 13.0. The normalized spacial score (nSPS) is 14.6. The van der Waals surface area contributed by atoms with E-state index in [4.69, 9.17) is 11.6 Å². The highest BCUT2D eigenvalue weighted by Crippen LogP contribution is 2.32. The van der Waals surface area contributed by atoms with Crippen LogP contribution in [0, 0.1) is 13.8 Å². The molecule has 0 aliphatic carbocycles. The number of amides is 2. The number of hydrogen-bond acceptors (Lipinski definition) is 3. The third kappa shape index (κ3) is 3.37. The zero-order valence-corrected chi connectivity index (χ0v) is 16.0. The summed E-state index contributed by atoms with van der Waals surface area (Å²) in [6.07, 6.45) is 0. The number of aryl methyl sites for hydroxylation is 2. The minimum Gasteiger partial charge on any atom is -0.350 e. The average molecular weight is 369 g/mol. The number of halogens is 1. The van der Waals surface area contributed by atoms with Gasteiger partial charge in [0.1, 0.15) is 5.70 Å². The molecule has 0 bridgehead atoms. The van der Waals surface area contributed by atoms with E-state index < -0.39 is 0 Å². The Morgan fingerprint density at radius 3 is 2.04 bits per heavy atom. The molecule has 0 atom stereocenters. The summed E-state index contributed by atoms with van der Waals surface area (Å²) in [6.45, 7) is 7.65. The fraction of sp³-hybridized carbons (Fsp3) is 0.238. The molecular formula is C21H21ClN2O2. The fourth-order valence-corrected chi connectivity index (χ4v) is 3.33. The van der Waals surface area contributed by atoms with Crippen molar-refractivity contribution in [2.24, 2.45) is 0 Å². The Kier molecular flexibility index (Phi) is 4.88. The highest BCUT2D eigenvalue weighted by molar-refractivity contribution is 6.37. The maximum Gasteiger partial charge on any atom is 0.278 e. The molecule has 26 heavy (non-hydrogen) atoms. The first-order chi connectivity index (χ1) is 12.3. The van der Waals surface area contributed by atoms with E-state index in [0.717, 1.165) is 16.8 Å². The molecule has 1 aliphatic heterocycles. The molecule has 5 heteroatoms. The van der Waals surface area contributed by atoms with Crippen LogP contribution in [0.5, 0.6) is 0 Å². The van der Waals surface area contributed by atoms with Gasteiger partial charge in [-0.1, -0.05) is 29.8 Å². The minimum absolute atomic E-state index is 0.226. The van der Waals surface area contributed by atoms with Crippen molar-refractivity contribution < 1.29 is 9.59 Å². The van der Waals surface area contributed by atoms with Crippen molar-refractivity contribution in [3.63, 3.8) is 0 Å². The van der Waals surface area contributed by atoms with Crippen LogP contribution in [0.1, 0.15) is 30.5 Å². The van der Waals surface area contributed by atoms with Gasteiger partial charge in [0.2, 0.25) is 0 Å². The van der Waals surface area contributed by atoms with E-state index in [1.54, 1.807) is 24.3 Å². The molecule has 2 aromatic rings. The van der Waals surface area contributed by atoms with E-state index in [0.29, 0.717) is 21.9 Å². The molecule has 1 heterocycles. The van der Waals surface area contributed by atoms with Crippen LogP contribution in [-0.2, 0) is 9.59 Å². The molecule has 0 spiro atoms. The number of nitrogens with zero attached hydrogens (tertiary/aromatic N) is 1. The van der Waals surface area contributed by atoms with E-state index in [1.807, 2.05) is 39.8 Å². The third-order valence-corrected chi connectivity index (χ3v) is 4.51. The number of rotatable bonds is 4. The maximum atomic E-state index is 13.0. The van der Waals surface area contributed by atoms with Crippen LogP contribution in [0.2, 0.25) is 5.02 Å². The van der Waals surface area contributed by atoms with Crippen molar-refractivity contribution >= 4 is 34.7 Å². The highest BCUT2D eigenvalue weighted by atomic mass is 35.5. The average Bonchev–Trinajstić information content (AvgIpc) is 2.78. The van der Waals surface area contributed by atoms with Gasteiger partial charge in [-0.05, 0) is 68.7 Å². The predicted octanol–water partition coefficient (Wildman–Crippen LogP) is 4.56. The first kappa shape index (κ1) is 18.2. The Morgan fingerprint density at radius 2 is 1.50 bits per heavy atom. The van der Waals surface area contributed by atoms with Gasteiger partial charge in [-0.15, -0.1) is 0 Å². The first-order valence-electron chi connectivity index (χ1n) is 8.51. The number of carbonyl (C=O) groups excluding carboxylic acids is 2. The Hall–Kier alpha value is -2.59. The molecule has 0 unspecified atom stereocenters. The van der Waals surface area contributed by atoms with Crippen LogP contribution in [-0.4, -0.2) is 22.8 Å². The van der Waals surface area contributed by atoms with E-state index in [1.165, 1.54) is 4.90 Å². The molecule has 3 rings (SSSR count). The lowest BCUT2D eigenvalue weighted by molar-refractivity contribution is -0.138. The van der Waals surface area contributed by atoms with Crippen molar-refractivity contribution in [3.8, 4) is 0 Å². The number of imide groups is 1. The Morgan fingerprint density at radius 1 is 0.923 bits per heavy atom. The summed E-state index contributed by atoms with van der Waals surface area (Å²) in [6, 6.07) is 12.7. The largest absolute Gasteiger partial charge is 0.350 e. The summed E-state index contributed by atoms with van der Waals surface area (Å²) in [5.74, 6) is -0.603. The summed E-state index contributed by atoms with van der Waals surface area (Å²) in [5.41, 5.74) is 4.30. The topological polar surface area (TPSA) is 49.4 Å². The molecule has 0 aromatic heterocycles. The van der Waals surface area contributed by atoms with Gasteiger partial charge in [0.15, 0.2) is 0 Å². The van der Waals surface area contributed by atoms with Gasteiger partial charge in [-0.3, -0.25) is 14.5 Å².